The summed E-state index contributed by atoms with van der Waals surface area (Å²) in [5.74, 6) is 0.387. The number of fused-ring (bicyclic) bond motifs is 2. The zero-order chi connectivity index (χ0) is 20.8. The number of nitrogens with zero attached hydrogens (tertiary/aromatic N) is 5. The van der Waals surface area contributed by atoms with Crippen LogP contribution in [0.2, 0.25) is 0 Å². The molecule has 1 aromatic carbocycles. The van der Waals surface area contributed by atoms with Crippen LogP contribution >= 0.6 is 0 Å². The summed E-state index contributed by atoms with van der Waals surface area (Å²) in [5.41, 5.74) is 2.71. The van der Waals surface area contributed by atoms with Crippen LogP contribution in [0.4, 0.5) is 5.95 Å². The van der Waals surface area contributed by atoms with Gasteiger partial charge >= 0.3 is 0 Å². The third kappa shape index (κ3) is 3.46. The molecule has 1 N–H and O–H groups in total. The predicted molar refractivity (Wildman–Crippen MR) is 108 cm³/mol. The van der Waals surface area contributed by atoms with Crippen LogP contribution < -0.4 is 10.0 Å². The normalized spacial score (nSPS) is 12.1. The Morgan fingerprint density at radius 2 is 2.00 bits per heavy atom. The summed E-state index contributed by atoms with van der Waals surface area (Å²) in [6.45, 7) is 4.30. The molecule has 3 heterocycles. The topological polar surface area (TPSA) is 116 Å². The molecule has 0 unspecified atom stereocenters. The van der Waals surface area contributed by atoms with Crippen LogP contribution in [0.5, 0.6) is 0 Å². The highest BCUT2D eigenvalue weighted by molar-refractivity contribution is 7.90. The van der Waals surface area contributed by atoms with Gasteiger partial charge in [0.15, 0.2) is 11.8 Å². The monoisotopic (exact) mass is 412 g/mol. The van der Waals surface area contributed by atoms with E-state index in [0.29, 0.717) is 17.7 Å². The molecular weight excluding hydrogens is 392 g/mol. The first-order chi connectivity index (χ1) is 13.8. The first-order valence-electron chi connectivity index (χ1n) is 9.05. The van der Waals surface area contributed by atoms with Gasteiger partial charge in [-0.25, -0.2) is 8.42 Å². The molecule has 10 heteroatoms. The van der Waals surface area contributed by atoms with Gasteiger partial charge in [0.1, 0.15) is 0 Å². The molecular formula is C19H20N6O3S. The number of rotatable bonds is 5. The van der Waals surface area contributed by atoms with Gasteiger partial charge < -0.3 is 10.5 Å². The molecule has 0 aliphatic carbocycles. The van der Waals surface area contributed by atoms with E-state index >= 15 is 0 Å². The molecule has 0 saturated carbocycles. The minimum absolute atomic E-state index is 0.119. The van der Waals surface area contributed by atoms with Crippen LogP contribution in [0.3, 0.4) is 0 Å². The van der Waals surface area contributed by atoms with Crippen LogP contribution in [0.15, 0.2) is 47.9 Å². The Kier molecular flexibility index (Phi) is 4.58. The number of benzene rings is 1. The van der Waals surface area contributed by atoms with E-state index in [-0.39, 0.29) is 17.0 Å². The molecule has 0 radical (unpaired) electrons. The molecule has 9 nitrogen and oxygen atoms in total. The molecule has 0 spiro atoms. The van der Waals surface area contributed by atoms with Crippen LogP contribution in [0, 0.1) is 5.21 Å². The lowest BCUT2D eigenvalue weighted by Gasteiger charge is -2.11. The Hall–Kier alpha value is -3.27. The fraction of sp³-hybridized carbons (Fsp3) is 0.263. The van der Waals surface area contributed by atoms with Crippen molar-refractivity contribution < 1.29 is 13.1 Å². The van der Waals surface area contributed by atoms with Crippen LogP contribution in [-0.2, 0) is 16.4 Å². The molecule has 0 aliphatic heterocycles. The van der Waals surface area contributed by atoms with Gasteiger partial charge in [-0.05, 0) is 17.5 Å². The summed E-state index contributed by atoms with van der Waals surface area (Å²) >= 11 is 0. The van der Waals surface area contributed by atoms with Gasteiger partial charge in [-0.1, -0.05) is 26.0 Å². The summed E-state index contributed by atoms with van der Waals surface area (Å²) in [4.78, 5) is 8.40. The molecule has 4 rings (SSSR count). The standard InChI is InChI=1S/C19H20N6O3S/c1-12(2)15-11-21-25-17(15)22-19(29(3,27)28)23-18(25)20-10-13-6-4-8-16-14(13)7-5-9-24(16)26/h4-9,11-12H,10H2,1-3H3,(H,20,22,23). The summed E-state index contributed by atoms with van der Waals surface area (Å²) in [5, 5.41) is 20.0. The number of hydrogen-bond donors (Lipinski definition) is 1. The van der Waals surface area contributed by atoms with Crippen molar-refractivity contribution >= 4 is 32.3 Å². The second-order valence-corrected chi connectivity index (χ2v) is 9.04. The fourth-order valence-electron chi connectivity index (χ4n) is 3.17. The van der Waals surface area contributed by atoms with Gasteiger partial charge in [-0.2, -0.15) is 24.3 Å². The van der Waals surface area contributed by atoms with Crippen molar-refractivity contribution in [1.82, 2.24) is 19.6 Å². The Morgan fingerprint density at radius 3 is 2.72 bits per heavy atom. The van der Waals surface area contributed by atoms with Gasteiger partial charge in [-0.3, -0.25) is 0 Å². The first kappa shape index (κ1) is 19.1. The number of pyridine rings is 1. The highest BCUT2D eigenvalue weighted by Gasteiger charge is 2.20. The molecule has 0 atom stereocenters. The van der Waals surface area contributed by atoms with E-state index in [1.54, 1.807) is 24.4 Å². The Morgan fingerprint density at radius 1 is 1.21 bits per heavy atom. The Balaban J connectivity index is 1.80. The Labute approximate surface area is 167 Å². The summed E-state index contributed by atoms with van der Waals surface area (Å²) < 4.78 is 26.5. The third-order valence-electron chi connectivity index (χ3n) is 4.66. The van der Waals surface area contributed by atoms with E-state index in [1.165, 1.54) is 10.7 Å². The van der Waals surface area contributed by atoms with Gasteiger partial charge in [-0.15, -0.1) is 0 Å². The largest absolute Gasteiger partial charge is 0.618 e. The number of anilines is 1. The average Bonchev–Trinajstić information content (AvgIpc) is 3.10. The highest BCUT2D eigenvalue weighted by atomic mass is 32.2. The van der Waals surface area contributed by atoms with Crippen molar-refractivity contribution in [1.29, 1.82) is 0 Å². The van der Waals surface area contributed by atoms with Gasteiger partial charge in [0.25, 0.3) is 5.16 Å². The van der Waals surface area contributed by atoms with Crippen molar-refractivity contribution in [2.24, 2.45) is 0 Å². The molecule has 0 bridgehead atoms. The minimum Gasteiger partial charge on any atom is -0.618 e. The van der Waals surface area contributed by atoms with E-state index in [1.807, 2.05) is 26.0 Å². The maximum absolute atomic E-state index is 12.1. The maximum Gasteiger partial charge on any atom is 0.252 e. The van der Waals surface area contributed by atoms with Crippen LogP contribution in [0.1, 0.15) is 30.9 Å². The zero-order valence-electron chi connectivity index (χ0n) is 16.2. The van der Waals surface area contributed by atoms with Crippen molar-refractivity contribution in [2.45, 2.75) is 31.5 Å². The number of nitrogens with one attached hydrogen (secondary N) is 1. The second-order valence-electron chi connectivity index (χ2n) is 7.13. The predicted octanol–water partition coefficient (Wildman–Crippen LogP) is 2.05. The number of hydrogen-bond acceptors (Lipinski definition) is 7. The van der Waals surface area contributed by atoms with E-state index in [0.717, 1.165) is 27.5 Å². The van der Waals surface area contributed by atoms with Crippen molar-refractivity contribution in [3.63, 3.8) is 0 Å². The van der Waals surface area contributed by atoms with Crippen molar-refractivity contribution in [2.75, 3.05) is 11.6 Å². The van der Waals surface area contributed by atoms with Gasteiger partial charge in [0, 0.05) is 30.5 Å². The lowest BCUT2D eigenvalue weighted by molar-refractivity contribution is -0.577. The molecule has 0 amide bonds. The second kappa shape index (κ2) is 6.96. The average molecular weight is 412 g/mol. The van der Waals surface area contributed by atoms with E-state index in [9.17, 15) is 13.6 Å². The summed E-state index contributed by atoms with van der Waals surface area (Å²) in [7, 11) is -3.61. The lowest BCUT2D eigenvalue weighted by Crippen LogP contribution is -2.26. The lowest BCUT2D eigenvalue weighted by atomic mass is 10.1. The SMILES string of the molecule is CC(C)c1cnn2c(NCc3cccc4c3ccc[n+]4[O-])nc(S(C)(=O)=O)nc12. The molecule has 150 valence electrons. The van der Waals surface area contributed by atoms with E-state index < -0.39 is 9.84 Å². The minimum atomic E-state index is -3.61. The Bertz CT molecular complexity index is 1330. The van der Waals surface area contributed by atoms with Crippen molar-refractivity contribution in [3.05, 3.63) is 59.1 Å². The van der Waals surface area contributed by atoms with Gasteiger partial charge in [0.05, 0.1) is 11.6 Å². The molecule has 3 aromatic heterocycles. The zero-order valence-corrected chi connectivity index (χ0v) is 17.0. The van der Waals surface area contributed by atoms with E-state index in [2.05, 4.69) is 20.4 Å². The first-order valence-corrected chi connectivity index (χ1v) is 10.9. The fourth-order valence-corrected chi connectivity index (χ4v) is 3.68. The van der Waals surface area contributed by atoms with E-state index in [4.69, 9.17) is 0 Å². The maximum atomic E-state index is 12.1. The quantitative estimate of drug-likeness (QED) is 0.394. The molecule has 29 heavy (non-hydrogen) atoms. The number of sulfone groups is 1. The van der Waals surface area contributed by atoms with Crippen molar-refractivity contribution in [3.8, 4) is 0 Å². The highest BCUT2D eigenvalue weighted by Crippen LogP contribution is 2.23. The van der Waals surface area contributed by atoms with Crippen LogP contribution in [0.25, 0.3) is 16.6 Å². The smallest absolute Gasteiger partial charge is 0.252 e. The molecule has 4 aromatic rings. The summed E-state index contributed by atoms with van der Waals surface area (Å²) in [6, 6.07) is 9.00. The third-order valence-corrected chi connectivity index (χ3v) is 5.51. The molecule has 0 aliphatic rings. The molecule has 0 fully saturated rings. The molecule has 0 saturated heterocycles. The van der Waals surface area contributed by atoms with Crippen LogP contribution in [-0.4, -0.2) is 34.3 Å². The van der Waals surface area contributed by atoms with Gasteiger partial charge in [0.2, 0.25) is 21.3 Å². The summed E-state index contributed by atoms with van der Waals surface area (Å²) in [6.07, 6.45) is 4.19. The number of aromatic nitrogens is 5.